The van der Waals surface area contributed by atoms with Crippen molar-refractivity contribution in [2.75, 3.05) is 13.6 Å². The summed E-state index contributed by atoms with van der Waals surface area (Å²) < 4.78 is 38.4. The smallest absolute Gasteiger partial charge is 0.326 e. The number of likely N-dealkylation sites (N-methyl/N-ethyl adjacent to an activating group) is 1. The molecule has 2 unspecified atom stereocenters. The van der Waals surface area contributed by atoms with E-state index in [1.54, 1.807) is 12.1 Å². The van der Waals surface area contributed by atoms with E-state index < -0.39 is 18.8 Å². The van der Waals surface area contributed by atoms with E-state index in [9.17, 15) is 13.2 Å². The van der Waals surface area contributed by atoms with Gasteiger partial charge in [-0.05, 0) is 25.1 Å². The molecular formula is C13H18BrF3N2. The van der Waals surface area contributed by atoms with Gasteiger partial charge in [0.05, 0.1) is 12.6 Å². The monoisotopic (exact) mass is 338 g/mol. The molecule has 1 aromatic rings. The lowest BCUT2D eigenvalue weighted by molar-refractivity contribution is -0.148. The first-order valence-corrected chi connectivity index (χ1v) is 6.82. The summed E-state index contributed by atoms with van der Waals surface area (Å²) in [6.07, 6.45) is -3.63. The topological polar surface area (TPSA) is 29.3 Å². The zero-order valence-electron chi connectivity index (χ0n) is 10.9. The molecule has 0 radical (unpaired) electrons. The lowest BCUT2D eigenvalue weighted by atomic mass is 9.96. The van der Waals surface area contributed by atoms with Crippen LogP contribution in [0.15, 0.2) is 28.7 Å². The van der Waals surface area contributed by atoms with E-state index in [2.05, 4.69) is 15.9 Å². The van der Waals surface area contributed by atoms with Crippen LogP contribution in [0.4, 0.5) is 13.2 Å². The summed E-state index contributed by atoms with van der Waals surface area (Å²) in [7, 11) is 1.45. The minimum absolute atomic E-state index is 0.356. The number of halogens is 4. The van der Waals surface area contributed by atoms with Crippen molar-refractivity contribution in [1.82, 2.24) is 4.90 Å². The number of nitrogens with two attached hydrogens (primary N) is 1. The first kappa shape index (κ1) is 16.5. The van der Waals surface area contributed by atoms with Crippen molar-refractivity contribution in [3.8, 4) is 0 Å². The molecule has 0 bridgehead atoms. The van der Waals surface area contributed by atoms with Crippen LogP contribution in [0.2, 0.25) is 0 Å². The van der Waals surface area contributed by atoms with Crippen LogP contribution in [0.1, 0.15) is 24.9 Å². The molecule has 2 N–H and O–H groups in total. The van der Waals surface area contributed by atoms with Crippen LogP contribution in [0.5, 0.6) is 0 Å². The number of alkyl halides is 3. The highest BCUT2D eigenvalue weighted by Gasteiger charge is 2.34. The van der Waals surface area contributed by atoms with Gasteiger partial charge in [-0.15, -0.1) is 0 Å². The van der Waals surface area contributed by atoms with E-state index in [4.69, 9.17) is 5.73 Å². The molecule has 0 aliphatic rings. The Bertz CT molecular complexity index is 409. The maximum Gasteiger partial charge on any atom is 0.401 e. The molecule has 0 aromatic heterocycles. The van der Waals surface area contributed by atoms with Crippen molar-refractivity contribution in [3.63, 3.8) is 0 Å². The second-order valence-corrected chi connectivity index (χ2v) is 5.42. The molecule has 0 aliphatic carbocycles. The van der Waals surface area contributed by atoms with Gasteiger partial charge in [0.15, 0.2) is 0 Å². The lowest BCUT2D eigenvalue weighted by Crippen LogP contribution is -2.43. The Balaban J connectivity index is 3.05. The minimum atomic E-state index is -4.23. The third-order valence-electron chi connectivity index (χ3n) is 3.00. The molecule has 1 rings (SSSR count). The van der Waals surface area contributed by atoms with Gasteiger partial charge >= 0.3 is 6.18 Å². The summed E-state index contributed by atoms with van der Waals surface area (Å²) in [5, 5.41) is 0. The first-order chi connectivity index (χ1) is 8.76. The number of rotatable bonds is 5. The average molecular weight is 339 g/mol. The highest BCUT2D eigenvalue weighted by atomic mass is 79.9. The van der Waals surface area contributed by atoms with Crippen molar-refractivity contribution in [1.29, 1.82) is 0 Å². The molecule has 6 heteroatoms. The largest absolute Gasteiger partial charge is 0.401 e. The standard InChI is InChI=1S/C13H18BrF3N2/c1-3-11(18)12(19(2)8-13(15,16)17)9-6-4-5-7-10(9)14/h4-7,11-12H,3,8,18H2,1-2H3. The molecule has 19 heavy (non-hydrogen) atoms. The molecule has 2 nitrogen and oxygen atoms in total. The zero-order chi connectivity index (χ0) is 14.6. The van der Waals surface area contributed by atoms with Crippen LogP contribution in [0.3, 0.4) is 0 Å². The fourth-order valence-corrected chi connectivity index (χ4v) is 2.63. The fourth-order valence-electron chi connectivity index (χ4n) is 2.11. The summed E-state index contributed by atoms with van der Waals surface area (Å²) in [5.74, 6) is 0. The van der Waals surface area contributed by atoms with Crippen LogP contribution in [-0.2, 0) is 0 Å². The van der Waals surface area contributed by atoms with Gasteiger partial charge in [-0.1, -0.05) is 41.1 Å². The Hall–Kier alpha value is -0.590. The Morgan fingerprint density at radius 1 is 1.32 bits per heavy atom. The van der Waals surface area contributed by atoms with Crippen molar-refractivity contribution in [2.45, 2.75) is 31.6 Å². The molecule has 0 spiro atoms. The highest BCUT2D eigenvalue weighted by molar-refractivity contribution is 9.10. The highest BCUT2D eigenvalue weighted by Crippen LogP contribution is 2.31. The van der Waals surface area contributed by atoms with Crippen LogP contribution < -0.4 is 5.73 Å². The van der Waals surface area contributed by atoms with Gasteiger partial charge in [0.25, 0.3) is 0 Å². The van der Waals surface area contributed by atoms with E-state index in [1.165, 1.54) is 11.9 Å². The van der Waals surface area contributed by atoms with Gasteiger partial charge in [0.2, 0.25) is 0 Å². The molecule has 2 atom stereocenters. The molecule has 0 amide bonds. The predicted molar refractivity (Wildman–Crippen MR) is 73.8 cm³/mol. The van der Waals surface area contributed by atoms with E-state index in [0.717, 1.165) is 10.0 Å². The summed E-state index contributed by atoms with van der Waals surface area (Å²) in [6, 6.07) is 6.42. The normalized spacial score (nSPS) is 15.6. The molecular weight excluding hydrogens is 321 g/mol. The maximum atomic E-state index is 12.6. The maximum absolute atomic E-state index is 12.6. The van der Waals surface area contributed by atoms with Crippen molar-refractivity contribution in [2.24, 2.45) is 5.73 Å². The molecule has 0 saturated heterocycles. The third-order valence-corrected chi connectivity index (χ3v) is 3.73. The van der Waals surface area contributed by atoms with Crippen LogP contribution >= 0.6 is 15.9 Å². The quantitative estimate of drug-likeness (QED) is 0.886. The Morgan fingerprint density at radius 3 is 2.37 bits per heavy atom. The second-order valence-electron chi connectivity index (χ2n) is 4.57. The summed E-state index contributed by atoms with van der Waals surface area (Å²) >= 11 is 3.38. The van der Waals surface area contributed by atoms with Gasteiger partial charge in [-0.2, -0.15) is 13.2 Å². The number of benzene rings is 1. The summed E-state index contributed by atoms with van der Waals surface area (Å²) in [5.41, 5.74) is 6.79. The number of hydrogen-bond donors (Lipinski definition) is 1. The minimum Gasteiger partial charge on any atom is -0.326 e. The molecule has 0 aliphatic heterocycles. The van der Waals surface area contributed by atoms with E-state index in [0.29, 0.717) is 6.42 Å². The Kier molecular flexibility index (Phi) is 5.82. The van der Waals surface area contributed by atoms with E-state index >= 15 is 0 Å². The lowest BCUT2D eigenvalue weighted by Gasteiger charge is -2.33. The van der Waals surface area contributed by atoms with Crippen LogP contribution in [0, 0.1) is 0 Å². The number of nitrogens with zero attached hydrogens (tertiary/aromatic N) is 1. The van der Waals surface area contributed by atoms with Crippen LogP contribution in [-0.4, -0.2) is 30.7 Å². The third kappa shape index (κ3) is 4.78. The molecule has 1 aromatic carbocycles. The van der Waals surface area contributed by atoms with Crippen LogP contribution in [0.25, 0.3) is 0 Å². The SMILES string of the molecule is CCC(N)C(c1ccccc1Br)N(C)CC(F)(F)F. The van der Waals surface area contributed by atoms with Gasteiger partial charge in [-0.3, -0.25) is 4.90 Å². The molecule has 108 valence electrons. The summed E-state index contributed by atoms with van der Waals surface area (Å²) in [4.78, 5) is 1.26. The number of hydrogen-bond acceptors (Lipinski definition) is 2. The van der Waals surface area contributed by atoms with E-state index in [-0.39, 0.29) is 6.04 Å². The first-order valence-electron chi connectivity index (χ1n) is 6.03. The van der Waals surface area contributed by atoms with Gasteiger partial charge < -0.3 is 5.73 Å². The van der Waals surface area contributed by atoms with Crippen molar-refractivity contribution < 1.29 is 13.2 Å². The molecule has 0 heterocycles. The fraction of sp³-hybridized carbons (Fsp3) is 0.538. The van der Waals surface area contributed by atoms with Gasteiger partial charge in [0, 0.05) is 10.5 Å². The second kappa shape index (κ2) is 6.72. The Labute approximate surface area is 119 Å². The predicted octanol–water partition coefficient (Wildman–Crippen LogP) is 3.72. The average Bonchev–Trinajstić information content (AvgIpc) is 2.29. The molecule has 0 saturated carbocycles. The van der Waals surface area contributed by atoms with E-state index in [1.807, 2.05) is 19.1 Å². The zero-order valence-corrected chi connectivity index (χ0v) is 12.5. The van der Waals surface area contributed by atoms with Crippen molar-refractivity contribution >= 4 is 15.9 Å². The van der Waals surface area contributed by atoms with Gasteiger partial charge in [0.1, 0.15) is 0 Å². The molecule has 0 fully saturated rings. The van der Waals surface area contributed by atoms with Crippen molar-refractivity contribution in [3.05, 3.63) is 34.3 Å². The van der Waals surface area contributed by atoms with Gasteiger partial charge in [-0.25, -0.2) is 0 Å². The summed E-state index contributed by atoms with van der Waals surface area (Å²) in [6.45, 7) is 0.892. The Morgan fingerprint density at radius 2 is 1.89 bits per heavy atom.